The standard InChI is InChI=1S/C13H15ClN2OS2/c1-2-3-8-17-10-15-13(16-18)19-9-11-4-6-12(14)7-5-11/h2-7,10,18H,8-9H2,1H3/b3-2+,15-10+,16-13+. The number of amidine groups is 1. The van der Waals surface area contributed by atoms with E-state index in [1.54, 1.807) is 0 Å². The maximum absolute atomic E-state index is 5.82. The van der Waals surface area contributed by atoms with E-state index in [1.807, 2.05) is 43.3 Å². The molecule has 0 fully saturated rings. The lowest BCUT2D eigenvalue weighted by Gasteiger charge is -2.01. The first-order valence-electron chi connectivity index (χ1n) is 5.61. The predicted molar refractivity (Wildman–Crippen MR) is 88.4 cm³/mol. The van der Waals surface area contributed by atoms with Crippen molar-refractivity contribution in [2.75, 3.05) is 6.61 Å². The fourth-order valence-corrected chi connectivity index (χ4v) is 2.11. The van der Waals surface area contributed by atoms with Crippen molar-refractivity contribution in [1.82, 2.24) is 0 Å². The Morgan fingerprint density at radius 2 is 2.16 bits per heavy atom. The molecule has 0 amide bonds. The number of nitrogens with zero attached hydrogens (tertiary/aromatic N) is 2. The van der Waals surface area contributed by atoms with E-state index < -0.39 is 0 Å². The molecular formula is C13H15ClN2OS2. The zero-order valence-corrected chi connectivity index (χ0v) is 13.0. The normalized spacial score (nSPS) is 12.5. The highest BCUT2D eigenvalue weighted by Gasteiger charge is 1.99. The smallest absolute Gasteiger partial charge is 0.197 e. The largest absolute Gasteiger partial charge is 0.479 e. The van der Waals surface area contributed by atoms with Crippen molar-refractivity contribution in [2.24, 2.45) is 9.39 Å². The molecule has 0 heterocycles. The Hall–Kier alpha value is -0.910. The van der Waals surface area contributed by atoms with E-state index in [-0.39, 0.29) is 0 Å². The summed E-state index contributed by atoms with van der Waals surface area (Å²) >= 11 is 11.2. The highest BCUT2D eigenvalue weighted by atomic mass is 35.5. The van der Waals surface area contributed by atoms with Gasteiger partial charge in [0.1, 0.15) is 6.61 Å². The molecule has 1 aromatic carbocycles. The number of allylic oxidation sites excluding steroid dienone is 1. The Morgan fingerprint density at radius 3 is 2.79 bits per heavy atom. The average molecular weight is 315 g/mol. The quantitative estimate of drug-likeness (QED) is 0.287. The van der Waals surface area contributed by atoms with Gasteiger partial charge in [-0.3, -0.25) is 0 Å². The molecule has 1 aromatic rings. The van der Waals surface area contributed by atoms with Crippen LogP contribution in [0.1, 0.15) is 12.5 Å². The third-order valence-corrected chi connectivity index (χ3v) is 3.54. The van der Waals surface area contributed by atoms with Gasteiger partial charge < -0.3 is 4.74 Å². The number of halogens is 1. The fraction of sp³-hybridized carbons (Fsp3) is 0.231. The van der Waals surface area contributed by atoms with Crippen molar-refractivity contribution in [3.05, 3.63) is 47.0 Å². The van der Waals surface area contributed by atoms with E-state index in [0.717, 1.165) is 16.3 Å². The molecule has 6 heteroatoms. The lowest BCUT2D eigenvalue weighted by molar-refractivity contribution is 0.368. The van der Waals surface area contributed by atoms with Crippen molar-refractivity contribution in [3.8, 4) is 0 Å². The van der Waals surface area contributed by atoms with Gasteiger partial charge in [0.05, 0.1) is 0 Å². The number of aliphatic imine (C=N–C) groups is 1. The van der Waals surface area contributed by atoms with Gasteiger partial charge in [-0.25, -0.2) is 0 Å². The van der Waals surface area contributed by atoms with E-state index in [0.29, 0.717) is 11.8 Å². The van der Waals surface area contributed by atoms with Crippen LogP contribution in [0.25, 0.3) is 0 Å². The average Bonchev–Trinajstić information content (AvgIpc) is 2.44. The van der Waals surface area contributed by atoms with Crippen LogP contribution in [-0.2, 0) is 10.5 Å². The molecule has 0 N–H and O–H groups in total. The second-order valence-corrected chi connectivity index (χ2v) is 5.01. The van der Waals surface area contributed by atoms with E-state index in [1.165, 1.54) is 18.2 Å². The summed E-state index contributed by atoms with van der Waals surface area (Å²) in [5.41, 5.74) is 1.15. The topological polar surface area (TPSA) is 34.0 Å². The van der Waals surface area contributed by atoms with Gasteiger partial charge in [-0.15, -0.1) is 0 Å². The van der Waals surface area contributed by atoms with Gasteiger partial charge in [0.15, 0.2) is 11.6 Å². The van der Waals surface area contributed by atoms with Crippen molar-refractivity contribution >= 4 is 47.7 Å². The second-order valence-electron chi connectivity index (χ2n) is 3.43. The Balaban J connectivity index is 2.38. The third kappa shape index (κ3) is 7.30. The molecule has 0 aromatic heterocycles. The monoisotopic (exact) mass is 314 g/mol. The third-order valence-electron chi connectivity index (χ3n) is 2.03. The number of benzene rings is 1. The molecule has 1 rings (SSSR count). The van der Waals surface area contributed by atoms with Gasteiger partial charge in [0.25, 0.3) is 0 Å². The number of ether oxygens (including phenoxy) is 1. The van der Waals surface area contributed by atoms with Crippen molar-refractivity contribution in [3.63, 3.8) is 0 Å². The number of thiol groups is 1. The molecular weight excluding hydrogens is 300 g/mol. The molecule has 0 aliphatic heterocycles. The van der Waals surface area contributed by atoms with Crippen molar-refractivity contribution < 1.29 is 4.74 Å². The van der Waals surface area contributed by atoms with Crippen molar-refractivity contribution in [2.45, 2.75) is 12.7 Å². The van der Waals surface area contributed by atoms with Crippen LogP contribution in [-0.4, -0.2) is 18.2 Å². The molecule has 0 spiro atoms. The van der Waals surface area contributed by atoms with E-state index in [9.17, 15) is 0 Å². The van der Waals surface area contributed by atoms with Crippen LogP contribution in [0.2, 0.25) is 5.02 Å². The highest BCUT2D eigenvalue weighted by molar-refractivity contribution is 8.13. The molecule has 0 aliphatic carbocycles. The maximum atomic E-state index is 5.82. The molecule has 0 aliphatic rings. The van der Waals surface area contributed by atoms with Gasteiger partial charge in [0.2, 0.25) is 0 Å². The summed E-state index contributed by atoms with van der Waals surface area (Å²) in [5.74, 6) is 0.753. The molecule has 0 saturated carbocycles. The molecule has 0 saturated heterocycles. The zero-order valence-electron chi connectivity index (χ0n) is 10.5. The van der Waals surface area contributed by atoms with E-state index in [2.05, 4.69) is 22.2 Å². The Kier molecular flexibility index (Phi) is 8.45. The zero-order chi connectivity index (χ0) is 13.9. The van der Waals surface area contributed by atoms with Crippen LogP contribution in [0.15, 0.2) is 45.8 Å². The number of hydrogen-bond donors (Lipinski definition) is 1. The molecule has 102 valence electrons. The first-order valence-corrected chi connectivity index (χ1v) is 7.37. The summed E-state index contributed by atoms with van der Waals surface area (Å²) in [5, 5.41) is 1.28. The van der Waals surface area contributed by atoms with Gasteiger partial charge in [-0.1, -0.05) is 47.6 Å². The van der Waals surface area contributed by atoms with Crippen molar-refractivity contribution in [1.29, 1.82) is 0 Å². The van der Waals surface area contributed by atoms with Crippen LogP contribution in [0.3, 0.4) is 0 Å². The summed E-state index contributed by atoms with van der Waals surface area (Å²) in [6, 6.07) is 7.66. The van der Waals surface area contributed by atoms with Gasteiger partial charge >= 0.3 is 0 Å². The minimum absolute atomic E-state index is 0.502. The summed E-state index contributed by atoms with van der Waals surface area (Å²) in [6.07, 6.45) is 5.19. The molecule has 0 radical (unpaired) electrons. The SMILES string of the molecule is C/C=C/CO/C=N/C(=N\S)SCc1ccc(Cl)cc1. The van der Waals surface area contributed by atoms with Gasteiger partial charge in [0, 0.05) is 10.8 Å². The van der Waals surface area contributed by atoms with E-state index in [4.69, 9.17) is 16.3 Å². The van der Waals surface area contributed by atoms with Crippen LogP contribution in [0.4, 0.5) is 0 Å². The van der Waals surface area contributed by atoms with Crippen LogP contribution in [0, 0.1) is 0 Å². The number of thioether (sulfide) groups is 1. The Bertz CT molecular complexity index is 458. The van der Waals surface area contributed by atoms with Crippen LogP contribution < -0.4 is 0 Å². The molecule has 0 bridgehead atoms. The number of rotatable bonds is 5. The highest BCUT2D eigenvalue weighted by Crippen LogP contribution is 2.17. The molecule has 19 heavy (non-hydrogen) atoms. The minimum atomic E-state index is 0.502. The maximum Gasteiger partial charge on any atom is 0.197 e. The molecule has 3 nitrogen and oxygen atoms in total. The lowest BCUT2D eigenvalue weighted by Crippen LogP contribution is -1.93. The Labute approximate surface area is 128 Å². The predicted octanol–water partition coefficient (Wildman–Crippen LogP) is 4.40. The lowest BCUT2D eigenvalue weighted by atomic mass is 10.2. The summed E-state index contributed by atoms with van der Waals surface area (Å²) in [6.45, 7) is 2.44. The molecule has 0 atom stereocenters. The minimum Gasteiger partial charge on any atom is -0.479 e. The fourth-order valence-electron chi connectivity index (χ4n) is 1.10. The van der Waals surface area contributed by atoms with E-state index >= 15 is 0 Å². The van der Waals surface area contributed by atoms with Crippen LogP contribution >= 0.6 is 36.2 Å². The second kappa shape index (κ2) is 9.95. The van der Waals surface area contributed by atoms with Crippen LogP contribution in [0.5, 0.6) is 0 Å². The first-order chi connectivity index (χ1) is 9.26. The Morgan fingerprint density at radius 1 is 1.42 bits per heavy atom. The number of hydrogen-bond acceptors (Lipinski definition) is 4. The summed E-state index contributed by atoms with van der Waals surface area (Å²) in [7, 11) is 0. The summed E-state index contributed by atoms with van der Waals surface area (Å²) in [4.78, 5) is 4.08. The van der Waals surface area contributed by atoms with Gasteiger partial charge in [-0.2, -0.15) is 9.39 Å². The summed E-state index contributed by atoms with van der Waals surface area (Å²) < 4.78 is 8.94. The van der Waals surface area contributed by atoms with Gasteiger partial charge in [-0.05, 0) is 37.4 Å². The molecule has 0 unspecified atom stereocenters. The first kappa shape index (κ1) is 16.1.